The molecule has 1 aromatic rings. The predicted octanol–water partition coefficient (Wildman–Crippen LogP) is -0.113. The van der Waals surface area contributed by atoms with Crippen molar-refractivity contribution in [3.8, 4) is 0 Å². The van der Waals surface area contributed by atoms with Crippen molar-refractivity contribution < 1.29 is 4.79 Å². The zero-order chi connectivity index (χ0) is 9.42. The zero-order valence-corrected chi connectivity index (χ0v) is 8.28. The molecule has 1 aliphatic heterocycles. The second kappa shape index (κ2) is 2.99. The fraction of sp³-hybridized carbons (Fsp3) is 0.500. The summed E-state index contributed by atoms with van der Waals surface area (Å²) < 4.78 is 0. The Morgan fingerprint density at radius 1 is 1.69 bits per heavy atom. The van der Waals surface area contributed by atoms with E-state index < -0.39 is 0 Å². The van der Waals surface area contributed by atoms with E-state index in [1.165, 1.54) is 4.90 Å². The number of carbonyl (C=O) groups excluding carboxylic acids is 1. The van der Waals surface area contributed by atoms with Crippen molar-refractivity contribution in [3.05, 3.63) is 0 Å². The van der Waals surface area contributed by atoms with Crippen molar-refractivity contribution in [1.82, 2.24) is 15.2 Å². The summed E-state index contributed by atoms with van der Waals surface area (Å²) >= 11 is 3.36. The molecule has 2 rings (SSSR count). The maximum absolute atomic E-state index is 11.4. The lowest BCUT2D eigenvalue weighted by Gasteiger charge is -2.09. The van der Waals surface area contributed by atoms with Gasteiger partial charge in [-0.1, -0.05) is 15.9 Å². The van der Waals surface area contributed by atoms with Gasteiger partial charge in [0, 0.05) is 17.8 Å². The van der Waals surface area contributed by atoms with Crippen molar-refractivity contribution in [1.29, 1.82) is 0 Å². The van der Waals surface area contributed by atoms with Crippen LogP contribution in [0, 0.1) is 0 Å². The first-order chi connectivity index (χ1) is 6.16. The van der Waals surface area contributed by atoms with Crippen LogP contribution in [0.3, 0.4) is 0 Å². The molecule has 1 unspecified atom stereocenters. The van der Waals surface area contributed by atoms with E-state index in [2.05, 4.69) is 31.1 Å². The SMILES string of the molecule is Nc1nc(N2CC(Br)CC2=O)n[nH]1. The molecular weight excluding hydrogens is 238 g/mol. The van der Waals surface area contributed by atoms with Crippen LogP contribution < -0.4 is 10.6 Å². The Bertz CT molecular complexity index is 338. The van der Waals surface area contributed by atoms with Gasteiger partial charge in [0.25, 0.3) is 5.95 Å². The van der Waals surface area contributed by atoms with Gasteiger partial charge in [0.05, 0.1) is 0 Å². The van der Waals surface area contributed by atoms with Crippen molar-refractivity contribution in [2.75, 3.05) is 17.2 Å². The molecule has 2 heterocycles. The summed E-state index contributed by atoms with van der Waals surface area (Å²) in [4.78, 5) is 16.9. The molecule has 0 bridgehead atoms. The highest BCUT2D eigenvalue weighted by molar-refractivity contribution is 9.09. The highest BCUT2D eigenvalue weighted by Gasteiger charge is 2.31. The van der Waals surface area contributed by atoms with Gasteiger partial charge in [0.1, 0.15) is 0 Å². The maximum Gasteiger partial charge on any atom is 0.253 e. The Balaban J connectivity index is 2.22. The number of nitrogen functional groups attached to an aromatic ring is 1. The van der Waals surface area contributed by atoms with Crippen LogP contribution in [0.2, 0.25) is 0 Å². The molecule has 3 N–H and O–H groups in total. The summed E-state index contributed by atoms with van der Waals surface area (Å²) in [6.07, 6.45) is 0.481. The largest absolute Gasteiger partial charge is 0.368 e. The molecule has 0 aromatic carbocycles. The second-order valence-electron chi connectivity index (χ2n) is 2.83. The third kappa shape index (κ3) is 1.51. The Hall–Kier alpha value is -1.11. The number of hydrogen-bond donors (Lipinski definition) is 2. The number of amides is 1. The summed E-state index contributed by atoms with van der Waals surface area (Å²) in [6, 6.07) is 0. The minimum absolute atomic E-state index is 0.0147. The highest BCUT2D eigenvalue weighted by atomic mass is 79.9. The number of carbonyl (C=O) groups is 1. The fourth-order valence-electron chi connectivity index (χ4n) is 1.24. The molecule has 70 valence electrons. The van der Waals surface area contributed by atoms with E-state index in [0.717, 1.165) is 0 Å². The first kappa shape index (κ1) is 8.49. The molecule has 1 atom stereocenters. The Kier molecular flexibility index (Phi) is 1.95. The monoisotopic (exact) mass is 245 g/mol. The van der Waals surface area contributed by atoms with E-state index in [1.807, 2.05) is 0 Å². The lowest BCUT2D eigenvalue weighted by atomic mass is 10.4. The third-order valence-electron chi connectivity index (χ3n) is 1.81. The Morgan fingerprint density at radius 3 is 2.92 bits per heavy atom. The number of anilines is 2. The number of H-pyrrole nitrogens is 1. The van der Waals surface area contributed by atoms with Crippen LogP contribution in [0.1, 0.15) is 6.42 Å². The van der Waals surface area contributed by atoms with Crippen LogP contribution >= 0.6 is 15.9 Å². The van der Waals surface area contributed by atoms with Gasteiger partial charge in [-0.25, -0.2) is 5.10 Å². The van der Waals surface area contributed by atoms with Gasteiger partial charge in [0.2, 0.25) is 11.9 Å². The van der Waals surface area contributed by atoms with Crippen LogP contribution in [0.25, 0.3) is 0 Å². The van der Waals surface area contributed by atoms with Gasteiger partial charge in [0.15, 0.2) is 0 Å². The molecule has 0 spiro atoms. The number of alkyl halides is 1. The molecule has 1 amide bonds. The molecule has 13 heavy (non-hydrogen) atoms. The Morgan fingerprint density at radius 2 is 2.46 bits per heavy atom. The lowest BCUT2D eigenvalue weighted by Crippen LogP contribution is -2.25. The van der Waals surface area contributed by atoms with E-state index in [-0.39, 0.29) is 16.7 Å². The van der Waals surface area contributed by atoms with Crippen molar-refractivity contribution >= 4 is 33.7 Å². The zero-order valence-electron chi connectivity index (χ0n) is 6.70. The third-order valence-corrected chi connectivity index (χ3v) is 2.42. The minimum Gasteiger partial charge on any atom is -0.368 e. The maximum atomic E-state index is 11.4. The van der Waals surface area contributed by atoms with Gasteiger partial charge in [-0.3, -0.25) is 9.69 Å². The van der Waals surface area contributed by atoms with E-state index >= 15 is 0 Å². The normalized spacial score (nSPS) is 22.7. The quantitative estimate of drug-likeness (QED) is 0.676. The molecule has 1 aromatic heterocycles. The van der Waals surface area contributed by atoms with E-state index in [4.69, 9.17) is 5.73 Å². The molecule has 0 aliphatic carbocycles. The van der Waals surface area contributed by atoms with E-state index in [1.54, 1.807) is 0 Å². The highest BCUT2D eigenvalue weighted by Crippen LogP contribution is 2.22. The topological polar surface area (TPSA) is 87.9 Å². The average molecular weight is 246 g/mol. The van der Waals surface area contributed by atoms with Gasteiger partial charge >= 0.3 is 0 Å². The summed E-state index contributed by atoms with van der Waals surface area (Å²) in [5, 5.41) is 6.29. The number of rotatable bonds is 1. The number of nitrogens with zero attached hydrogens (tertiary/aromatic N) is 3. The number of aromatic nitrogens is 3. The molecule has 1 fully saturated rings. The molecule has 1 saturated heterocycles. The molecule has 6 nitrogen and oxygen atoms in total. The lowest BCUT2D eigenvalue weighted by molar-refractivity contribution is -0.117. The Labute approximate surface area is 82.6 Å². The van der Waals surface area contributed by atoms with Crippen LogP contribution in [0.4, 0.5) is 11.9 Å². The smallest absolute Gasteiger partial charge is 0.253 e. The van der Waals surface area contributed by atoms with E-state index in [0.29, 0.717) is 18.9 Å². The molecule has 7 heteroatoms. The fourth-order valence-corrected chi connectivity index (χ4v) is 1.81. The van der Waals surface area contributed by atoms with Gasteiger partial charge < -0.3 is 5.73 Å². The summed E-state index contributed by atoms with van der Waals surface area (Å²) in [7, 11) is 0. The van der Waals surface area contributed by atoms with Crippen molar-refractivity contribution in [2.24, 2.45) is 0 Å². The minimum atomic E-state index is 0.0147. The van der Waals surface area contributed by atoms with E-state index in [9.17, 15) is 4.79 Å². The number of nitrogens with two attached hydrogens (primary N) is 1. The molecule has 0 saturated carbocycles. The van der Waals surface area contributed by atoms with Crippen LogP contribution in [0.15, 0.2) is 0 Å². The first-order valence-electron chi connectivity index (χ1n) is 3.79. The number of nitrogens with one attached hydrogen (secondary N) is 1. The summed E-state index contributed by atoms with van der Waals surface area (Å²) in [5.74, 6) is 0.589. The standard InChI is InChI=1S/C6H8BrN5O/c7-3-1-4(13)12(2-3)6-9-5(8)10-11-6/h3H,1-2H2,(H3,8,9,10,11). The second-order valence-corrected chi connectivity index (χ2v) is 4.12. The van der Waals surface area contributed by atoms with Gasteiger partial charge in [-0.05, 0) is 0 Å². The van der Waals surface area contributed by atoms with Crippen molar-refractivity contribution in [2.45, 2.75) is 11.2 Å². The van der Waals surface area contributed by atoms with Gasteiger partial charge in [-0.15, -0.1) is 5.10 Å². The average Bonchev–Trinajstić information content (AvgIpc) is 2.58. The van der Waals surface area contributed by atoms with Crippen LogP contribution in [0.5, 0.6) is 0 Å². The first-order valence-corrected chi connectivity index (χ1v) is 4.70. The van der Waals surface area contributed by atoms with Crippen LogP contribution in [-0.4, -0.2) is 32.5 Å². The van der Waals surface area contributed by atoms with Gasteiger partial charge in [-0.2, -0.15) is 4.98 Å². The molecule has 0 radical (unpaired) electrons. The summed E-state index contributed by atoms with van der Waals surface area (Å²) in [6.45, 7) is 0.593. The summed E-state index contributed by atoms with van der Waals surface area (Å²) in [5.41, 5.74) is 5.35. The van der Waals surface area contributed by atoms with Crippen LogP contribution in [-0.2, 0) is 4.79 Å². The number of aromatic amines is 1. The number of halogens is 1. The predicted molar refractivity (Wildman–Crippen MR) is 50.5 cm³/mol. The molecule has 1 aliphatic rings. The molecular formula is C6H8BrN5O. The van der Waals surface area contributed by atoms with Crippen molar-refractivity contribution in [3.63, 3.8) is 0 Å². The number of hydrogen-bond acceptors (Lipinski definition) is 4.